The normalized spacial score (nSPS) is 20.3. The molecule has 0 saturated carbocycles. The number of nitrogens with zero attached hydrogens (tertiary/aromatic N) is 4. The van der Waals surface area contributed by atoms with E-state index in [0.717, 1.165) is 12.1 Å². The molecule has 2 atom stereocenters. The second-order valence-electron chi connectivity index (χ2n) is 10.8. The van der Waals surface area contributed by atoms with E-state index in [-0.39, 0.29) is 0 Å². The van der Waals surface area contributed by atoms with Crippen molar-refractivity contribution in [2.45, 2.75) is 20.0 Å². The van der Waals surface area contributed by atoms with Gasteiger partial charge in [-0.15, -0.1) is 18.3 Å². The van der Waals surface area contributed by atoms with Gasteiger partial charge in [-0.3, -0.25) is 0 Å². The fourth-order valence-corrected chi connectivity index (χ4v) is 10.0. The minimum Gasteiger partial charge on any atom is -0.207 e. The Morgan fingerprint density at radius 1 is 0.455 bits per heavy atom. The summed E-state index contributed by atoms with van der Waals surface area (Å²) in [5.74, 6) is -2.66. The number of aromatic nitrogens is 4. The third-order valence-electron chi connectivity index (χ3n) is 8.49. The number of rotatable bonds is 0. The van der Waals surface area contributed by atoms with Gasteiger partial charge >= 0.3 is 9.99 Å². The molecule has 2 spiro atoms. The molecule has 212 valence electrons. The highest BCUT2D eigenvalue weighted by Gasteiger charge is 2.71. The van der Waals surface area contributed by atoms with Crippen molar-refractivity contribution < 1.29 is 35.8 Å². The van der Waals surface area contributed by atoms with Crippen LogP contribution in [0.2, 0.25) is 0 Å². The summed E-state index contributed by atoms with van der Waals surface area (Å²) in [7, 11) is 0. The third-order valence-corrected chi connectivity index (χ3v) is 11.4. The highest BCUT2D eigenvalue weighted by Crippen LogP contribution is 2.52. The molecule has 0 saturated heterocycles. The second-order valence-corrected chi connectivity index (χ2v) is 13.2. The Bertz CT molecular complexity index is 2070. The molecule has 0 amide bonds. The number of thioether (sulfide) groups is 2. The molecule has 3 aliphatic rings. The van der Waals surface area contributed by atoms with Crippen LogP contribution < -0.4 is 18.3 Å². The van der Waals surface area contributed by atoms with Crippen molar-refractivity contribution in [3.63, 3.8) is 0 Å². The molecule has 10 heteroatoms. The van der Waals surface area contributed by atoms with Crippen LogP contribution in [0, 0.1) is 23.3 Å². The van der Waals surface area contributed by atoms with Crippen LogP contribution in [-0.4, -0.2) is 0 Å². The first kappa shape index (κ1) is 25.9. The average molecular weight is 625 g/mol. The highest BCUT2D eigenvalue weighted by atomic mass is 32.2. The Labute approximate surface area is 257 Å². The maximum atomic E-state index is 15.7. The fraction of sp³-hybridized carbons (Fsp3) is 0.0588. The molecule has 6 aromatic rings. The standard InChI is InChI=1S/C34H20F4N4S2/c35-21-17-23-31(25(37)19-21)27-9-1-5-13-39(27)33(23)41-15-7-3-11-29(41)44-34(42-16-8-4-12-30(42)43-33)24-18-22(36)20-26(38)32(24)28-10-2-6-14-40(28)34/h1-20H/q+4/t33-,34+. The summed E-state index contributed by atoms with van der Waals surface area (Å²) in [4.78, 5) is -2.38. The van der Waals surface area contributed by atoms with Crippen LogP contribution >= 0.6 is 23.5 Å². The molecule has 44 heavy (non-hydrogen) atoms. The molecule has 0 aliphatic carbocycles. The lowest BCUT2D eigenvalue weighted by atomic mass is 10.0. The SMILES string of the molecule is Fc1cc(F)c2c(c1)[C@]1(Sc3cccc[n+]3[C@@]3(Sc4cccc[n+]41)c1cc(F)cc(F)c1-c1cccc[n+]13)[n+]1ccccc1-2. The predicted molar refractivity (Wildman–Crippen MR) is 154 cm³/mol. The molecule has 0 radical (unpaired) electrons. The summed E-state index contributed by atoms with van der Waals surface area (Å²) in [6, 6.07) is 27.1. The van der Waals surface area contributed by atoms with Crippen molar-refractivity contribution in [1.29, 1.82) is 0 Å². The van der Waals surface area contributed by atoms with Gasteiger partial charge in [0.25, 0.3) is 10.1 Å². The minimum atomic E-state index is -1.19. The topological polar surface area (TPSA) is 15.5 Å². The van der Waals surface area contributed by atoms with E-state index >= 15 is 17.6 Å². The largest absolute Gasteiger partial charge is 0.450 e. The number of hydrogen-bond donors (Lipinski definition) is 0. The Balaban J connectivity index is 1.44. The molecule has 4 nitrogen and oxygen atoms in total. The maximum absolute atomic E-state index is 15.7. The van der Waals surface area contributed by atoms with E-state index in [9.17, 15) is 0 Å². The molecule has 4 aromatic heterocycles. The minimum absolute atomic E-state index is 0.319. The van der Waals surface area contributed by atoms with Crippen molar-refractivity contribution in [1.82, 2.24) is 0 Å². The molecule has 7 heterocycles. The number of pyridine rings is 4. The summed E-state index contributed by atoms with van der Waals surface area (Å²) >= 11 is 2.81. The van der Waals surface area contributed by atoms with Crippen molar-refractivity contribution in [3.05, 3.63) is 156 Å². The number of hydrogen-bond acceptors (Lipinski definition) is 2. The van der Waals surface area contributed by atoms with Crippen LogP contribution in [0.25, 0.3) is 22.5 Å². The van der Waals surface area contributed by atoms with Gasteiger partial charge in [0.05, 0.1) is 0 Å². The summed E-state index contributed by atoms with van der Waals surface area (Å²) in [5.41, 5.74) is 2.75. The van der Waals surface area contributed by atoms with Crippen LogP contribution in [0.1, 0.15) is 11.1 Å². The van der Waals surface area contributed by atoms with E-state index in [1.54, 1.807) is 0 Å². The monoisotopic (exact) mass is 624 g/mol. The van der Waals surface area contributed by atoms with Gasteiger partial charge in [0, 0.05) is 60.7 Å². The van der Waals surface area contributed by atoms with Gasteiger partial charge in [-0.25, -0.2) is 17.6 Å². The molecule has 0 fully saturated rings. The first-order valence-electron chi connectivity index (χ1n) is 13.9. The fourth-order valence-electron chi connectivity index (χ4n) is 6.88. The molecular formula is C34H20F4N4S2+4. The zero-order chi connectivity index (χ0) is 29.8. The van der Waals surface area contributed by atoms with Gasteiger partial charge in [-0.1, -0.05) is 0 Å². The highest BCUT2D eigenvalue weighted by molar-refractivity contribution is 8.00. The molecule has 9 rings (SSSR count). The zero-order valence-corrected chi connectivity index (χ0v) is 24.3. The van der Waals surface area contributed by atoms with Crippen LogP contribution in [0.4, 0.5) is 17.6 Å². The van der Waals surface area contributed by atoms with Crippen LogP contribution in [0.3, 0.4) is 0 Å². The molecule has 0 unspecified atom stereocenters. The lowest BCUT2D eigenvalue weighted by Gasteiger charge is -2.26. The predicted octanol–water partition coefficient (Wildman–Crippen LogP) is 5.67. The Morgan fingerprint density at radius 2 is 0.841 bits per heavy atom. The van der Waals surface area contributed by atoms with Crippen molar-refractivity contribution in [2.24, 2.45) is 0 Å². The Hall–Kier alpha value is -4.54. The van der Waals surface area contributed by atoms with Gasteiger partial charge < -0.3 is 0 Å². The van der Waals surface area contributed by atoms with E-state index in [4.69, 9.17) is 0 Å². The molecule has 0 N–H and O–H groups in total. The van der Waals surface area contributed by atoms with Gasteiger partial charge in [-0.05, 0) is 36.4 Å². The Morgan fingerprint density at radius 3 is 1.27 bits per heavy atom. The molecule has 0 bridgehead atoms. The molecular weight excluding hydrogens is 605 g/mol. The third kappa shape index (κ3) is 3.16. The van der Waals surface area contributed by atoms with E-state index in [0.29, 0.717) is 43.7 Å². The Kier molecular flexibility index (Phi) is 5.30. The van der Waals surface area contributed by atoms with E-state index in [2.05, 4.69) is 0 Å². The van der Waals surface area contributed by atoms with Crippen LogP contribution in [0.15, 0.2) is 132 Å². The lowest BCUT2D eigenvalue weighted by molar-refractivity contribution is -0.974. The molecule has 3 aliphatic heterocycles. The van der Waals surface area contributed by atoms with Gasteiger partial charge in [0.1, 0.15) is 69.0 Å². The maximum Gasteiger partial charge on any atom is 0.450 e. The summed E-state index contributed by atoms with van der Waals surface area (Å²) in [6.07, 6.45) is 7.53. The van der Waals surface area contributed by atoms with Crippen LogP contribution in [-0.2, 0) is 9.99 Å². The zero-order valence-electron chi connectivity index (χ0n) is 22.7. The average Bonchev–Trinajstić information content (AvgIpc) is 3.45. The lowest BCUT2D eigenvalue weighted by Crippen LogP contribution is -2.76. The first-order chi connectivity index (χ1) is 21.4. The number of halogens is 4. The number of benzene rings is 2. The quantitative estimate of drug-likeness (QED) is 0.160. The van der Waals surface area contributed by atoms with E-state index in [1.807, 2.05) is 116 Å². The van der Waals surface area contributed by atoms with Gasteiger partial charge in [0.15, 0.2) is 24.8 Å². The van der Waals surface area contributed by atoms with Crippen molar-refractivity contribution in [2.75, 3.05) is 0 Å². The smallest absolute Gasteiger partial charge is 0.207 e. The van der Waals surface area contributed by atoms with Gasteiger partial charge in [-0.2, -0.15) is 0 Å². The molecule has 2 aromatic carbocycles. The van der Waals surface area contributed by atoms with Crippen LogP contribution in [0.5, 0.6) is 0 Å². The van der Waals surface area contributed by atoms with E-state index in [1.165, 1.54) is 35.7 Å². The first-order valence-corrected chi connectivity index (χ1v) is 15.5. The van der Waals surface area contributed by atoms with E-state index < -0.39 is 33.3 Å². The summed E-state index contributed by atoms with van der Waals surface area (Å²) < 4.78 is 69.6. The number of fused-ring (bicyclic) bond motifs is 14. The van der Waals surface area contributed by atoms with Crippen molar-refractivity contribution in [3.8, 4) is 22.5 Å². The summed E-state index contributed by atoms with van der Waals surface area (Å²) in [5, 5.41) is 1.42. The van der Waals surface area contributed by atoms with Crippen molar-refractivity contribution >= 4 is 23.5 Å². The summed E-state index contributed by atoms with van der Waals surface area (Å²) in [6.45, 7) is 0. The second kappa shape index (κ2) is 8.99. The van der Waals surface area contributed by atoms with Gasteiger partial charge in [0.2, 0.25) is 11.4 Å².